The van der Waals surface area contributed by atoms with Gasteiger partial charge in [-0.15, -0.1) is 23.7 Å². The summed E-state index contributed by atoms with van der Waals surface area (Å²) in [5, 5.41) is 4.21. The van der Waals surface area contributed by atoms with Crippen molar-refractivity contribution >= 4 is 29.7 Å². The first-order valence-electron chi connectivity index (χ1n) is 5.59. The van der Waals surface area contributed by atoms with Crippen molar-refractivity contribution in [1.29, 1.82) is 0 Å². The van der Waals surface area contributed by atoms with Gasteiger partial charge in [-0.05, 0) is 26.8 Å². The molecule has 1 aromatic rings. The molecule has 6 heteroatoms. The van der Waals surface area contributed by atoms with Crippen LogP contribution >= 0.6 is 23.7 Å². The molecule has 4 nitrogen and oxygen atoms in total. The van der Waals surface area contributed by atoms with Crippen LogP contribution in [0, 0.1) is 6.92 Å². The number of nitrogens with zero attached hydrogens (tertiary/aromatic N) is 2. The molecule has 1 aliphatic rings. The number of carbonyl (C=O) groups is 1. The van der Waals surface area contributed by atoms with Gasteiger partial charge in [-0.1, -0.05) is 0 Å². The van der Waals surface area contributed by atoms with Crippen molar-refractivity contribution in [2.75, 3.05) is 20.1 Å². The molecule has 1 N–H and O–H groups in total. The highest BCUT2D eigenvalue weighted by atomic mass is 35.5. The number of likely N-dealkylation sites (tertiary alicyclic amines) is 1. The zero-order valence-corrected chi connectivity index (χ0v) is 11.7. The van der Waals surface area contributed by atoms with E-state index >= 15 is 0 Å². The molecule has 1 fully saturated rings. The fourth-order valence-corrected chi connectivity index (χ4v) is 2.73. The molecule has 1 amide bonds. The number of carbonyl (C=O) groups excluding carboxylic acids is 1. The summed E-state index contributed by atoms with van der Waals surface area (Å²) in [6, 6.07) is 0.562. The van der Waals surface area contributed by atoms with Crippen LogP contribution in [0.5, 0.6) is 0 Å². The molecule has 1 aromatic heterocycles. The van der Waals surface area contributed by atoms with Gasteiger partial charge in [0.2, 0.25) is 0 Å². The lowest BCUT2D eigenvalue weighted by Crippen LogP contribution is -2.43. The molecule has 2 rings (SSSR count). The number of aryl methyl sites for hydroxylation is 1. The highest BCUT2D eigenvalue weighted by molar-refractivity contribution is 7.13. The van der Waals surface area contributed by atoms with Gasteiger partial charge in [-0.2, -0.15) is 0 Å². The predicted octanol–water partition coefficient (Wildman–Crippen LogP) is 1.70. The fourth-order valence-electron chi connectivity index (χ4n) is 1.99. The van der Waals surface area contributed by atoms with Crippen LogP contribution < -0.4 is 5.32 Å². The SMILES string of the molecule is CNC1CCN(C(=O)c2cnc(C)s2)CC1.Cl. The third-order valence-corrected chi connectivity index (χ3v) is 3.92. The third kappa shape index (κ3) is 3.40. The Morgan fingerprint density at radius 1 is 1.53 bits per heavy atom. The summed E-state index contributed by atoms with van der Waals surface area (Å²) in [5.41, 5.74) is 0. The molecule has 1 saturated heterocycles. The fraction of sp³-hybridized carbons (Fsp3) is 0.636. The minimum atomic E-state index is 0. The van der Waals surface area contributed by atoms with Crippen LogP contribution in [0.15, 0.2) is 6.20 Å². The van der Waals surface area contributed by atoms with Crippen molar-refractivity contribution < 1.29 is 4.79 Å². The molecule has 17 heavy (non-hydrogen) atoms. The molecule has 1 aliphatic heterocycles. The molecule has 0 spiro atoms. The maximum atomic E-state index is 12.1. The second-order valence-electron chi connectivity index (χ2n) is 4.10. The molecular formula is C11H18ClN3OS. The van der Waals surface area contributed by atoms with Crippen LogP contribution in [-0.4, -0.2) is 42.0 Å². The van der Waals surface area contributed by atoms with E-state index in [0.717, 1.165) is 35.8 Å². The number of hydrogen-bond acceptors (Lipinski definition) is 4. The number of halogens is 1. The van der Waals surface area contributed by atoms with E-state index in [2.05, 4.69) is 10.3 Å². The van der Waals surface area contributed by atoms with E-state index in [1.165, 1.54) is 11.3 Å². The average molecular weight is 276 g/mol. The Morgan fingerprint density at radius 3 is 2.65 bits per heavy atom. The van der Waals surface area contributed by atoms with Gasteiger partial charge in [0.1, 0.15) is 4.88 Å². The summed E-state index contributed by atoms with van der Waals surface area (Å²) >= 11 is 1.48. The average Bonchev–Trinajstić information content (AvgIpc) is 2.75. The zero-order valence-electron chi connectivity index (χ0n) is 10.1. The Morgan fingerprint density at radius 2 is 2.18 bits per heavy atom. The Kier molecular flexibility index (Phi) is 5.36. The maximum Gasteiger partial charge on any atom is 0.265 e. The molecule has 0 saturated carbocycles. The molecule has 96 valence electrons. The maximum absolute atomic E-state index is 12.1. The zero-order chi connectivity index (χ0) is 11.5. The van der Waals surface area contributed by atoms with E-state index in [1.54, 1.807) is 6.20 Å². The summed E-state index contributed by atoms with van der Waals surface area (Å²) in [4.78, 5) is 18.9. The lowest BCUT2D eigenvalue weighted by molar-refractivity contribution is 0.0712. The Balaban J connectivity index is 0.00000144. The minimum Gasteiger partial charge on any atom is -0.338 e. The summed E-state index contributed by atoms with van der Waals surface area (Å²) in [7, 11) is 1.98. The Labute approximate surface area is 112 Å². The van der Waals surface area contributed by atoms with Gasteiger partial charge in [0.25, 0.3) is 5.91 Å². The van der Waals surface area contributed by atoms with Gasteiger partial charge in [0.15, 0.2) is 0 Å². The lowest BCUT2D eigenvalue weighted by Gasteiger charge is -2.31. The number of nitrogens with one attached hydrogen (secondary N) is 1. The smallest absolute Gasteiger partial charge is 0.265 e. The third-order valence-electron chi connectivity index (χ3n) is 3.02. The number of rotatable bonds is 2. The van der Waals surface area contributed by atoms with Crippen LogP contribution in [0.25, 0.3) is 0 Å². The van der Waals surface area contributed by atoms with E-state index in [9.17, 15) is 4.79 Å². The molecule has 2 heterocycles. The normalized spacial score (nSPS) is 16.7. The van der Waals surface area contributed by atoms with Crippen LogP contribution in [0.3, 0.4) is 0 Å². The monoisotopic (exact) mass is 275 g/mol. The van der Waals surface area contributed by atoms with Crippen molar-refractivity contribution in [1.82, 2.24) is 15.2 Å². The summed E-state index contributed by atoms with van der Waals surface area (Å²) in [6.45, 7) is 3.62. The van der Waals surface area contributed by atoms with Gasteiger partial charge in [0, 0.05) is 19.1 Å². The van der Waals surface area contributed by atoms with E-state index in [4.69, 9.17) is 0 Å². The topological polar surface area (TPSA) is 45.2 Å². The number of piperidine rings is 1. The van der Waals surface area contributed by atoms with Crippen molar-refractivity contribution in [3.05, 3.63) is 16.1 Å². The van der Waals surface area contributed by atoms with Crippen molar-refractivity contribution in [2.45, 2.75) is 25.8 Å². The first kappa shape index (κ1) is 14.4. The highest BCUT2D eigenvalue weighted by Gasteiger charge is 2.23. The van der Waals surface area contributed by atoms with Crippen molar-refractivity contribution in [3.63, 3.8) is 0 Å². The van der Waals surface area contributed by atoms with Crippen LogP contribution in [0.4, 0.5) is 0 Å². The summed E-state index contributed by atoms with van der Waals surface area (Å²) < 4.78 is 0. The lowest BCUT2D eigenvalue weighted by atomic mass is 10.1. The highest BCUT2D eigenvalue weighted by Crippen LogP contribution is 2.17. The number of amides is 1. The van der Waals surface area contributed by atoms with Gasteiger partial charge in [-0.25, -0.2) is 4.98 Å². The van der Waals surface area contributed by atoms with E-state index in [0.29, 0.717) is 6.04 Å². The van der Waals surface area contributed by atoms with Crippen LogP contribution in [0.2, 0.25) is 0 Å². The second-order valence-corrected chi connectivity index (χ2v) is 5.33. The van der Waals surface area contributed by atoms with Gasteiger partial charge >= 0.3 is 0 Å². The molecule has 0 unspecified atom stereocenters. The molecule has 0 bridgehead atoms. The number of hydrogen-bond donors (Lipinski definition) is 1. The van der Waals surface area contributed by atoms with E-state index in [-0.39, 0.29) is 18.3 Å². The van der Waals surface area contributed by atoms with E-state index < -0.39 is 0 Å². The second kappa shape index (κ2) is 6.33. The molecule has 0 aromatic carbocycles. The molecule has 0 radical (unpaired) electrons. The van der Waals surface area contributed by atoms with Crippen molar-refractivity contribution in [2.24, 2.45) is 0 Å². The number of thiazole rings is 1. The van der Waals surface area contributed by atoms with Crippen LogP contribution in [-0.2, 0) is 0 Å². The molecule has 0 atom stereocenters. The largest absolute Gasteiger partial charge is 0.338 e. The van der Waals surface area contributed by atoms with Crippen molar-refractivity contribution in [3.8, 4) is 0 Å². The first-order valence-corrected chi connectivity index (χ1v) is 6.41. The van der Waals surface area contributed by atoms with Gasteiger partial charge in [-0.3, -0.25) is 4.79 Å². The summed E-state index contributed by atoms with van der Waals surface area (Å²) in [5.74, 6) is 0.139. The Hall–Kier alpha value is -0.650. The molecular weight excluding hydrogens is 258 g/mol. The summed E-state index contributed by atoms with van der Waals surface area (Å²) in [6.07, 6.45) is 3.77. The Bertz CT molecular complexity index is 375. The molecule has 0 aliphatic carbocycles. The van der Waals surface area contributed by atoms with Crippen LogP contribution in [0.1, 0.15) is 27.5 Å². The van der Waals surface area contributed by atoms with Gasteiger partial charge < -0.3 is 10.2 Å². The van der Waals surface area contributed by atoms with E-state index in [1.807, 2.05) is 18.9 Å². The minimum absolute atomic E-state index is 0. The van der Waals surface area contributed by atoms with Gasteiger partial charge in [0.05, 0.1) is 11.2 Å². The number of aromatic nitrogens is 1. The predicted molar refractivity (Wildman–Crippen MR) is 72.1 cm³/mol. The quantitative estimate of drug-likeness (QED) is 0.894. The standard InChI is InChI=1S/C11H17N3OS.ClH/c1-8-13-7-10(16-8)11(15)14-5-3-9(12-2)4-6-14;/h7,9,12H,3-6H2,1-2H3;1H. The first-order chi connectivity index (χ1) is 7.70.